The van der Waals surface area contributed by atoms with Gasteiger partial charge in [-0.05, 0) is 67.3 Å². The molecule has 1 aliphatic heterocycles. The van der Waals surface area contributed by atoms with Crippen LogP contribution in [0, 0.1) is 5.92 Å². The maximum Gasteiger partial charge on any atom is 0.326 e. The monoisotopic (exact) mass is 1390 g/mol. The molecule has 0 unspecified atom stereocenters. The van der Waals surface area contributed by atoms with Gasteiger partial charge in [-0.15, -0.1) is 0 Å². The Morgan fingerprint density at radius 2 is 0.980 bits per heavy atom. The van der Waals surface area contributed by atoms with E-state index >= 15 is 9.59 Å². The Morgan fingerprint density at radius 1 is 0.531 bits per heavy atom. The van der Waals surface area contributed by atoms with Crippen molar-refractivity contribution in [2.24, 2.45) is 11.7 Å². The minimum Gasteiger partial charge on any atom is -0.480 e. The fraction of sp³-hybridized carbons (Fsp3) is 0.409. The summed E-state index contributed by atoms with van der Waals surface area (Å²) in [5.41, 5.74) is 10.6. The number of aliphatic carboxylic acids is 1. The van der Waals surface area contributed by atoms with Crippen molar-refractivity contribution < 1.29 is 63.0 Å². The van der Waals surface area contributed by atoms with E-state index in [0.29, 0.717) is 28.9 Å². The van der Waals surface area contributed by atoms with Gasteiger partial charge in [-0.3, -0.25) is 47.9 Å². The second kappa shape index (κ2) is 35.3. The van der Waals surface area contributed by atoms with Gasteiger partial charge in [0.15, 0.2) is 0 Å². The van der Waals surface area contributed by atoms with Crippen LogP contribution in [-0.2, 0) is 84.8 Å². The van der Waals surface area contributed by atoms with Crippen LogP contribution in [0.3, 0.4) is 0 Å². The molecule has 1 fully saturated rings. The number of imidazole rings is 2. The Morgan fingerprint density at radius 3 is 1.52 bits per heavy atom. The summed E-state index contributed by atoms with van der Waals surface area (Å²) in [6.45, 7) is 4.09. The number of rotatable bonds is 35. The van der Waals surface area contributed by atoms with Gasteiger partial charge in [0.1, 0.15) is 60.4 Å². The number of thiol groups is 2. The fourth-order valence-electron chi connectivity index (χ4n) is 11.4. The van der Waals surface area contributed by atoms with E-state index in [0.717, 1.165) is 27.4 Å². The van der Waals surface area contributed by atoms with E-state index in [1.165, 1.54) is 36.9 Å². The number of aliphatic hydroxyl groups is 1. The number of aliphatic hydroxyl groups excluding tert-OH is 1. The number of carbonyl (C=O) groups is 11. The lowest BCUT2D eigenvalue weighted by Gasteiger charge is -2.31. The van der Waals surface area contributed by atoms with Crippen molar-refractivity contribution >= 4 is 112 Å². The van der Waals surface area contributed by atoms with Gasteiger partial charge in [0.05, 0.1) is 25.3 Å². The number of para-hydroxylation sites is 2. The Labute approximate surface area is 574 Å². The molecule has 7 aromatic rings. The zero-order valence-corrected chi connectivity index (χ0v) is 55.9. The van der Waals surface area contributed by atoms with Crippen LogP contribution in [0.25, 0.3) is 21.8 Å². The lowest BCUT2D eigenvalue weighted by Crippen LogP contribution is -2.61. The van der Waals surface area contributed by atoms with E-state index < -0.39 is 138 Å². The molecule has 11 atom stereocenters. The normalized spacial score (nSPS) is 16.0. The zero-order valence-electron chi connectivity index (χ0n) is 54.1. The molecule has 0 aliphatic carbocycles. The lowest BCUT2D eigenvalue weighted by atomic mass is 9.99. The third-order valence-electron chi connectivity index (χ3n) is 16.7. The number of likely N-dealkylation sites (tertiary alicyclic amines) is 1. The third-order valence-corrected chi connectivity index (χ3v) is 17.4. The first-order chi connectivity index (χ1) is 47.0. The van der Waals surface area contributed by atoms with Crippen molar-refractivity contribution in [3.63, 3.8) is 0 Å². The topological polar surface area (TPSA) is 455 Å². The van der Waals surface area contributed by atoms with Crippen LogP contribution in [0.1, 0.15) is 68.1 Å². The second-order valence-electron chi connectivity index (χ2n) is 24.4. The number of fused-ring (bicyclic) bond motifs is 2. The van der Waals surface area contributed by atoms with Gasteiger partial charge in [0.25, 0.3) is 0 Å². The number of carboxylic acids is 1. The molecular formula is C66H83N17O13S2. The minimum atomic E-state index is -1.71. The third kappa shape index (κ3) is 20.0. The first kappa shape index (κ1) is 73.8. The maximum atomic E-state index is 15.2. The van der Waals surface area contributed by atoms with Crippen LogP contribution in [0.5, 0.6) is 0 Å². The Bertz CT molecular complexity index is 3910. The van der Waals surface area contributed by atoms with Gasteiger partial charge in [-0.25, -0.2) is 14.8 Å². The predicted octanol–water partition coefficient (Wildman–Crippen LogP) is -0.707. The summed E-state index contributed by atoms with van der Waals surface area (Å²) in [5, 5.41) is 45.2. The van der Waals surface area contributed by atoms with E-state index in [-0.39, 0.29) is 68.9 Å². The molecule has 1 saturated heterocycles. The predicted molar refractivity (Wildman–Crippen MR) is 366 cm³/mol. The number of carbonyl (C=O) groups excluding carboxylic acids is 10. The number of aromatic amines is 4. The van der Waals surface area contributed by atoms with Gasteiger partial charge in [-0.2, -0.15) is 25.3 Å². The van der Waals surface area contributed by atoms with E-state index in [2.05, 4.69) is 103 Å². The molecule has 98 heavy (non-hydrogen) atoms. The Kier molecular flexibility index (Phi) is 26.5. The number of nitrogens with zero attached hydrogens (tertiary/aromatic N) is 3. The average molecular weight is 1390 g/mol. The molecule has 5 heterocycles. The number of benzene rings is 3. The molecule has 522 valence electrons. The summed E-state index contributed by atoms with van der Waals surface area (Å²) in [7, 11) is 0. The van der Waals surface area contributed by atoms with Crippen LogP contribution in [-0.4, -0.2) is 201 Å². The maximum absolute atomic E-state index is 15.2. The van der Waals surface area contributed by atoms with Crippen LogP contribution in [0.15, 0.2) is 116 Å². The van der Waals surface area contributed by atoms with E-state index in [4.69, 9.17) is 5.73 Å². The van der Waals surface area contributed by atoms with E-state index in [1.807, 2.05) is 92.7 Å². The molecule has 1 aliphatic rings. The summed E-state index contributed by atoms with van der Waals surface area (Å²) < 4.78 is 0. The van der Waals surface area contributed by atoms with Gasteiger partial charge in [0, 0.05) is 102 Å². The van der Waals surface area contributed by atoms with Crippen LogP contribution >= 0.6 is 25.3 Å². The Balaban J connectivity index is 0.959. The van der Waals surface area contributed by atoms with Crippen LogP contribution in [0.2, 0.25) is 0 Å². The fourth-order valence-corrected chi connectivity index (χ4v) is 11.9. The molecule has 8 rings (SSSR count). The van der Waals surface area contributed by atoms with Gasteiger partial charge < -0.3 is 88.6 Å². The van der Waals surface area contributed by atoms with Crippen molar-refractivity contribution in [2.45, 2.75) is 139 Å². The largest absolute Gasteiger partial charge is 0.480 e. The molecule has 10 amide bonds. The van der Waals surface area contributed by atoms with Crippen molar-refractivity contribution in [2.75, 3.05) is 24.7 Å². The molecule has 0 spiro atoms. The summed E-state index contributed by atoms with van der Waals surface area (Å²) in [4.78, 5) is 175. The highest BCUT2D eigenvalue weighted by Gasteiger charge is 2.41. The van der Waals surface area contributed by atoms with E-state index in [1.54, 1.807) is 12.4 Å². The van der Waals surface area contributed by atoms with E-state index in [9.17, 15) is 53.4 Å². The molecule has 17 N–H and O–H groups in total. The summed E-state index contributed by atoms with van der Waals surface area (Å²) in [5.74, 6) is -10.2. The van der Waals surface area contributed by atoms with Gasteiger partial charge in [-0.1, -0.05) is 80.6 Å². The number of hydrogen-bond donors (Lipinski definition) is 18. The second-order valence-corrected chi connectivity index (χ2v) is 25.1. The molecule has 0 radical (unpaired) electrons. The highest BCUT2D eigenvalue weighted by molar-refractivity contribution is 7.80. The molecule has 30 nitrogen and oxygen atoms in total. The van der Waals surface area contributed by atoms with Crippen molar-refractivity contribution in [1.82, 2.24) is 82.7 Å². The zero-order chi connectivity index (χ0) is 70.6. The van der Waals surface area contributed by atoms with Crippen LogP contribution in [0.4, 0.5) is 0 Å². The van der Waals surface area contributed by atoms with Crippen molar-refractivity contribution in [3.05, 3.63) is 144 Å². The number of carboxylic acid groups (broad SMARTS) is 1. The average Bonchev–Trinajstić information content (AvgIpc) is 1.70. The lowest BCUT2D eigenvalue weighted by molar-refractivity contribution is -0.142. The van der Waals surface area contributed by atoms with Gasteiger partial charge in [0.2, 0.25) is 59.1 Å². The van der Waals surface area contributed by atoms with Crippen LogP contribution < -0.4 is 53.6 Å². The quantitative estimate of drug-likeness (QED) is 0.0218. The molecular weight excluding hydrogens is 1300 g/mol. The molecule has 3 aromatic carbocycles. The summed E-state index contributed by atoms with van der Waals surface area (Å²) >= 11 is 8.52. The number of amides is 10. The van der Waals surface area contributed by atoms with Crippen molar-refractivity contribution in [1.29, 1.82) is 0 Å². The molecule has 4 aromatic heterocycles. The SMILES string of the molecule is CC(C)C[C@H](NC(=O)[C@H](Cc1c[nH]c2ccccc12)NC(=O)[C@H](CS)NC(=O)[C@@H](N)Cc1ccccc1)C(=O)N[C@@H](Cc1c[nH]c2ccccc12)C(=O)N1CCC[C@H]1C(=O)N[C@@H](C)C(=O)N[C@@H](Cc1cnc[nH]1)C(=O)N[C@@H](CO)C(=O)N[C@@H](CS)C(=O)N[C@@H](Cc1cnc[nH]1)C(=O)O. The smallest absolute Gasteiger partial charge is 0.326 e. The molecule has 0 saturated carbocycles. The summed E-state index contributed by atoms with van der Waals surface area (Å²) in [6, 6.07) is 8.93. The van der Waals surface area contributed by atoms with Gasteiger partial charge >= 0.3 is 5.97 Å². The number of nitrogens with two attached hydrogens (primary N) is 1. The Hall–Kier alpha value is -10.0. The first-order valence-corrected chi connectivity index (χ1v) is 33.2. The minimum absolute atomic E-state index is 0.0616. The molecule has 32 heteroatoms. The highest BCUT2D eigenvalue weighted by atomic mass is 32.1. The number of aromatic nitrogens is 6. The number of H-pyrrole nitrogens is 4. The summed E-state index contributed by atoms with van der Waals surface area (Å²) in [6.07, 6.45) is 8.99. The molecule has 0 bridgehead atoms. The highest BCUT2D eigenvalue weighted by Crippen LogP contribution is 2.25. The van der Waals surface area contributed by atoms with Crippen molar-refractivity contribution in [3.8, 4) is 0 Å². The standard InChI is InChI=1S/C66H83N17O13S2/c1-35(2)20-47(76-59(88)48(22-38-26-70-45-16-9-7-14-42(38)45)77-62(91)53(31-97)81-57(86)44(67)21-37-12-5-4-6-13-37)58(87)78-50(23-39-27-71-46-17-10-8-15-43(39)46)65(94)83-19-11-18-55(83)64(93)74-36(3)56(85)75-49(24-40-28-68-33-72-40)60(89)80-52(30-84)61(90)82-54(32-98)63(92)79-51(66(95)96)25-41-29-69-34-73-41/h4-10,12-17,26-29,33-36,44,47-55,70-71,84,97-98H,11,18-25,30-32,67H2,1-3H3,(H,68,72)(H,69,73)(H,74,93)(H,75,85)(H,76,88)(H,77,91)(H,78,87)(H,79,92)(H,80,89)(H,81,86)(H,82,90)(H,95,96)/t36-,44-,47-,48-,49-,50-,51-,52-,53-,54-,55-/m0/s1. The number of hydrogen-bond acceptors (Lipinski definition) is 17. The first-order valence-electron chi connectivity index (χ1n) is 32.0. The number of nitrogens with one attached hydrogen (secondary N) is 13.